The first kappa shape index (κ1) is 11.5. The summed E-state index contributed by atoms with van der Waals surface area (Å²) >= 11 is 0. The molecule has 0 unspecified atom stereocenters. The summed E-state index contributed by atoms with van der Waals surface area (Å²) in [7, 11) is 0. The van der Waals surface area contributed by atoms with Crippen LogP contribution in [0.2, 0.25) is 0 Å². The summed E-state index contributed by atoms with van der Waals surface area (Å²) in [6, 6.07) is 5.03. The smallest absolute Gasteiger partial charge is 0.291 e. The van der Waals surface area contributed by atoms with Crippen molar-refractivity contribution in [1.82, 2.24) is 16.0 Å². The number of hydrazine groups is 1. The minimum atomic E-state index is -0.516. The van der Waals surface area contributed by atoms with Crippen LogP contribution in [0.3, 0.4) is 0 Å². The van der Waals surface area contributed by atoms with Gasteiger partial charge in [0, 0.05) is 12.0 Å². The lowest BCUT2D eigenvalue weighted by atomic mass is 10.2. The molecule has 3 rings (SSSR count). The highest BCUT2D eigenvalue weighted by atomic mass is 16.5. The number of amides is 2. The number of aromatic nitrogens is 1. The number of hydrogen-bond acceptors (Lipinski definition) is 5. The summed E-state index contributed by atoms with van der Waals surface area (Å²) in [4.78, 5) is 23.3. The van der Waals surface area contributed by atoms with E-state index in [2.05, 4.69) is 20.5 Å². The molecular formula is C12H11N3O4. The average molecular weight is 261 g/mol. The van der Waals surface area contributed by atoms with Gasteiger partial charge in [0.15, 0.2) is 5.69 Å². The summed E-state index contributed by atoms with van der Waals surface area (Å²) in [5, 5.41) is 3.46. The molecule has 1 aliphatic rings. The second-order valence-electron chi connectivity index (χ2n) is 4.29. The molecule has 1 saturated carbocycles. The Hall–Kier alpha value is -2.57. The highest BCUT2D eigenvalue weighted by molar-refractivity contribution is 5.94. The van der Waals surface area contributed by atoms with Gasteiger partial charge in [-0.05, 0) is 18.6 Å². The van der Waals surface area contributed by atoms with Gasteiger partial charge in [-0.25, -0.2) is 0 Å². The molecule has 0 aliphatic heterocycles. The van der Waals surface area contributed by atoms with Crippen molar-refractivity contribution in [3.05, 3.63) is 42.2 Å². The van der Waals surface area contributed by atoms with E-state index in [0.29, 0.717) is 0 Å². The minimum absolute atomic E-state index is 0.0963. The van der Waals surface area contributed by atoms with Crippen molar-refractivity contribution < 1.29 is 18.5 Å². The maximum absolute atomic E-state index is 11.8. The van der Waals surface area contributed by atoms with Crippen molar-refractivity contribution in [1.29, 1.82) is 0 Å². The van der Waals surface area contributed by atoms with E-state index in [1.165, 1.54) is 12.3 Å². The third-order valence-corrected chi connectivity index (χ3v) is 3.01. The zero-order valence-electron chi connectivity index (χ0n) is 9.83. The quantitative estimate of drug-likeness (QED) is 0.797. The van der Waals surface area contributed by atoms with E-state index < -0.39 is 5.91 Å². The Bertz CT molecular complexity index is 576. The molecule has 0 spiro atoms. The van der Waals surface area contributed by atoms with Crippen LogP contribution in [0.5, 0.6) is 0 Å². The van der Waals surface area contributed by atoms with Crippen LogP contribution in [-0.2, 0) is 4.79 Å². The second kappa shape index (κ2) is 4.60. The van der Waals surface area contributed by atoms with Gasteiger partial charge in [-0.3, -0.25) is 20.4 Å². The van der Waals surface area contributed by atoms with Crippen LogP contribution in [0.4, 0.5) is 0 Å². The van der Waals surface area contributed by atoms with E-state index in [1.807, 2.05) is 6.07 Å². The monoisotopic (exact) mass is 261 g/mol. The minimum Gasteiger partial charge on any atom is -0.469 e. The maximum Gasteiger partial charge on any atom is 0.291 e. The van der Waals surface area contributed by atoms with Crippen LogP contribution in [-0.4, -0.2) is 17.0 Å². The van der Waals surface area contributed by atoms with Gasteiger partial charge in [0.1, 0.15) is 12.0 Å². The van der Waals surface area contributed by atoms with Crippen LogP contribution in [0, 0.1) is 5.92 Å². The number of furan rings is 1. The van der Waals surface area contributed by atoms with Crippen molar-refractivity contribution in [3.63, 3.8) is 0 Å². The molecular weight excluding hydrogens is 250 g/mol. The van der Waals surface area contributed by atoms with Crippen molar-refractivity contribution in [2.45, 2.75) is 12.3 Å². The Morgan fingerprint density at radius 1 is 1.26 bits per heavy atom. The van der Waals surface area contributed by atoms with Gasteiger partial charge in [0.25, 0.3) is 5.91 Å². The molecule has 2 aromatic rings. The van der Waals surface area contributed by atoms with Crippen molar-refractivity contribution in [3.8, 4) is 0 Å². The Morgan fingerprint density at radius 3 is 2.84 bits per heavy atom. The molecule has 2 aromatic heterocycles. The van der Waals surface area contributed by atoms with Gasteiger partial charge < -0.3 is 8.94 Å². The third-order valence-electron chi connectivity index (χ3n) is 3.01. The molecule has 1 fully saturated rings. The molecule has 2 amide bonds. The molecule has 1 aliphatic carbocycles. The lowest BCUT2D eigenvalue weighted by molar-refractivity contribution is -0.123. The standard InChI is InChI=1S/C12H11N3O4/c16-11(8-6-7(8)10-2-1-4-18-10)13-14-12(17)9-3-5-19-15-9/h1-5,7-8H,6H2,(H,13,16)(H,14,17)/t7-,8-/m1/s1. The Kier molecular flexibility index (Phi) is 2.79. The molecule has 2 atom stereocenters. The van der Waals surface area contributed by atoms with Gasteiger partial charge in [-0.15, -0.1) is 0 Å². The summed E-state index contributed by atoms with van der Waals surface area (Å²) in [5.74, 6) is -0.0266. The van der Waals surface area contributed by atoms with Gasteiger partial charge in [0.2, 0.25) is 5.91 Å². The molecule has 0 radical (unpaired) electrons. The zero-order valence-corrected chi connectivity index (χ0v) is 9.83. The summed E-state index contributed by atoms with van der Waals surface area (Å²) in [6.07, 6.45) is 3.58. The average Bonchev–Trinajstić information content (AvgIpc) is 2.90. The van der Waals surface area contributed by atoms with Crippen LogP contribution < -0.4 is 10.9 Å². The Balaban J connectivity index is 1.49. The van der Waals surface area contributed by atoms with Crippen molar-refractivity contribution in [2.75, 3.05) is 0 Å². The number of carbonyl (C=O) groups excluding carboxylic acids is 2. The fourth-order valence-corrected chi connectivity index (χ4v) is 1.91. The Labute approximate surface area is 107 Å². The van der Waals surface area contributed by atoms with Gasteiger partial charge in [0.05, 0.1) is 12.2 Å². The molecule has 19 heavy (non-hydrogen) atoms. The van der Waals surface area contributed by atoms with E-state index in [4.69, 9.17) is 4.42 Å². The molecule has 0 bridgehead atoms. The predicted molar refractivity (Wildman–Crippen MR) is 61.7 cm³/mol. The highest BCUT2D eigenvalue weighted by Crippen LogP contribution is 2.47. The first-order chi connectivity index (χ1) is 9.25. The van der Waals surface area contributed by atoms with E-state index in [1.54, 1.807) is 12.3 Å². The van der Waals surface area contributed by atoms with Gasteiger partial charge in [-0.2, -0.15) is 0 Å². The summed E-state index contributed by atoms with van der Waals surface area (Å²) < 4.78 is 9.76. The number of hydrogen-bond donors (Lipinski definition) is 2. The van der Waals surface area contributed by atoms with E-state index in [0.717, 1.165) is 12.2 Å². The summed E-state index contributed by atoms with van der Waals surface area (Å²) in [5.41, 5.74) is 4.75. The lowest BCUT2D eigenvalue weighted by Crippen LogP contribution is -2.42. The second-order valence-corrected chi connectivity index (χ2v) is 4.29. The molecule has 0 saturated heterocycles. The Morgan fingerprint density at radius 2 is 2.16 bits per heavy atom. The number of rotatable bonds is 3. The summed E-state index contributed by atoms with van der Waals surface area (Å²) in [6.45, 7) is 0. The van der Waals surface area contributed by atoms with Crippen LogP contribution in [0.1, 0.15) is 28.6 Å². The van der Waals surface area contributed by atoms with Crippen LogP contribution >= 0.6 is 0 Å². The third kappa shape index (κ3) is 2.35. The molecule has 2 N–H and O–H groups in total. The number of nitrogens with one attached hydrogen (secondary N) is 2. The normalized spacial score (nSPS) is 20.8. The van der Waals surface area contributed by atoms with Crippen molar-refractivity contribution >= 4 is 11.8 Å². The first-order valence-corrected chi connectivity index (χ1v) is 5.79. The maximum atomic E-state index is 11.8. The van der Waals surface area contributed by atoms with Crippen molar-refractivity contribution in [2.24, 2.45) is 5.92 Å². The predicted octanol–water partition coefficient (Wildman–Crippen LogP) is 0.832. The van der Waals surface area contributed by atoms with Crippen LogP contribution in [0.25, 0.3) is 0 Å². The molecule has 98 valence electrons. The fraction of sp³-hybridized carbons (Fsp3) is 0.250. The highest BCUT2D eigenvalue weighted by Gasteiger charge is 2.46. The molecule has 0 aromatic carbocycles. The lowest BCUT2D eigenvalue weighted by Gasteiger charge is -2.04. The first-order valence-electron chi connectivity index (χ1n) is 5.79. The van der Waals surface area contributed by atoms with E-state index >= 15 is 0 Å². The van der Waals surface area contributed by atoms with E-state index in [9.17, 15) is 9.59 Å². The van der Waals surface area contributed by atoms with Crippen LogP contribution in [0.15, 0.2) is 39.7 Å². The van der Waals surface area contributed by atoms with Gasteiger partial charge >= 0.3 is 0 Å². The van der Waals surface area contributed by atoms with Gasteiger partial charge in [-0.1, -0.05) is 5.16 Å². The molecule has 7 nitrogen and oxygen atoms in total. The number of nitrogens with zero attached hydrogens (tertiary/aromatic N) is 1. The fourth-order valence-electron chi connectivity index (χ4n) is 1.91. The SMILES string of the molecule is O=C(NNC(=O)[C@@H]1C[C@H]1c1ccco1)c1ccon1. The largest absolute Gasteiger partial charge is 0.469 e. The molecule has 7 heteroatoms. The van der Waals surface area contributed by atoms with E-state index in [-0.39, 0.29) is 23.4 Å². The number of carbonyl (C=O) groups is 2. The topological polar surface area (TPSA) is 97.4 Å². The molecule has 2 heterocycles. The zero-order chi connectivity index (χ0) is 13.2.